The minimum absolute atomic E-state index is 0.297. The van der Waals surface area contributed by atoms with Gasteiger partial charge in [-0.15, -0.1) is 0 Å². The highest BCUT2D eigenvalue weighted by Gasteiger charge is 2.22. The number of halogens is 1. The number of rotatable bonds is 6. The zero-order chi connectivity index (χ0) is 16.5. The van der Waals surface area contributed by atoms with Gasteiger partial charge >= 0.3 is 0 Å². The minimum atomic E-state index is -0.336. The average molecular weight is 324 g/mol. The first-order valence-corrected chi connectivity index (χ1v) is 8.64. The summed E-state index contributed by atoms with van der Waals surface area (Å²) in [4.78, 5) is 7.80. The summed E-state index contributed by atoms with van der Waals surface area (Å²) in [5.74, 6) is 1.31. The molecule has 4 heteroatoms. The number of hydrogen-bond acceptors (Lipinski definition) is 2. The molecule has 3 nitrogen and oxygen atoms in total. The molecular formula is C20H21FN2O. The van der Waals surface area contributed by atoms with Crippen molar-refractivity contribution in [3.63, 3.8) is 0 Å². The molecule has 0 aliphatic heterocycles. The van der Waals surface area contributed by atoms with E-state index >= 15 is 0 Å². The van der Waals surface area contributed by atoms with Gasteiger partial charge in [0.15, 0.2) is 11.6 Å². The van der Waals surface area contributed by atoms with E-state index in [4.69, 9.17) is 4.74 Å². The Hall–Kier alpha value is -2.36. The summed E-state index contributed by atoms with van der Waals surface area (Å²) in [5.41, 5.74) is 3.75. The van der Waals surface area contributed by atoms with E-state index in [1.165, 1.54) is 24.5 Å². The Morgan fingerprint density at radius 3 is 2.71 bits per heavy atom. The Labute approximate surface area is 140 Å². The molecule has 1 saturated carbocycles. The second-order valence-corrected chi connectivity index (χ2v) is 6.59. The van der Waals surface area contributed by atoms with Gasteiger partial charge < -0.3 is 9.72 Å². The number of aryl methyl sites for hydroxylation is 1. The number of ether oxygens (including phenoxy) is 1. The molecule has 24 heavy (non-hydrogen) atoms. The molecule has 3 aromatic rings. The summed E-state index contributed by atoms with van der Waals surface area (Å²) in [5, 5.41) is 0. The predicted octanol–water partition coefficient (Wildman–Crippen LogP) is 5.11. The van der Waals surface area contributed by atoms with E-state index in [1.54, 1.807) is 6.07 Å². The third-order valence-electron chi connectivity index (χ3n) is 4.47. The summed E-state index contributed by atoms with van der Waals surface area (Å²) < 4.78 is 19.8. The highest BCUT2D eigenvalue weighted by Crippen LogP contribution is 2.31. The standard InChI is InChI=1S/C20H21FN2O/c1-2-3-13-6-8-15(9-7-13)20-22-17-10-16(21)19(11-18(17)23-20)24-12-14-4-5-14/h6-11,14H,2-5,12H2,1H3,(H,22,23). The molecule has 0 radical (unpaired) electrons. The molecule has 1 aliphatic rings. The number of nitrogens with one attached hydrogen (secondary N) is 1. The Bertz CT molecular complexity index is 850. The van der Waals surface area contributed by atoms with Crippen LogP contribution in [0.25, 0.3) is 22.4 Å². The van der Waals surface area contributed by atoms with Gasteiger partial charge in [-0.2, -0.15) is 0 Å². The second-order valence-electron chi connectivity index (χ2n) is 6.59. The van der Waals surface area contributed by atoms with Crippen molar-refractivity contribution in [3.8, 4) is 17.1 Å². The van der Waals surface area contributed by atoms with Gasteiger partial charge in [0.1, 0.15) is 5.82 Å². The van der Waals surface area contributed by atoms with Gasteiger partial charge in [-0.05, 0) is 30.7 Å². The number of hydrogen-bond donors (Lipinski definition) is 1. The highest BCUT2D eigenvalue weighted by atomic mass is 19.1. The van der Waals surface area contributed by atoms with Crippen LogP contribution >= 0.6 is 0 Å². The van der Waals surface area contributed by atoms with Gasteiger partial charge in [0.25, 0.3) is 0 Å². The SMILES string of the molecule is CCCc1ccc(-c2nc3cc(OCC4CC4)c(F)cc3[nH]2)cc1. The van der Waals surface area contributed by atoms with E-state index in [0.717, 1.165) is 29.7 Å². The van der Waals surface area contributed by atoms with Crippen molar-refractivity contribution < 1.29 is 9.13 Å². The van der Waals surface area contributed by atoms with Gasteiger partial charge in [-0.25, -0.2) is 9.37 Å². The number of benzene rings is 2. The molecule has 0 spiro atoms. The minimum Gasteiger partial charge on any atom is -0.490 e. The Morgan fingerprint density at radius 1 is 1.21 bits per heavy atom. The molecular weight excluding hydrogens is 303 g/mol. The molecule has 0 amide bonds. The van der Waals surface area contributed by atoms with Gasteiger partial charge in [-0.1, -0.05) is 37.6 Å². The first-order valence-electron chi connectivity index (χ1n) is 8.64. The van der Waals surface area contributed by atoms with E-state index in [1.807, 2.05) is 0 Å². The fraction of sp³-hybridized carbons (Fsp3) is 0.350. The van der Waals surface area contributed by atoms with Crippen LogP contribution in [-0.4, -0.2) is 16.6 Å². The smallest absolute Gasteiger partial charge is 0.167 e. The highest BCUT2D eigenvalue weighted by molar-refractivity contribution is 5.81. The first kappa shape index (κ1) is 15.2. The van der Waals surface area contributed by atoms with Crippen molar-refractivity contribution in [1.29, 1.82) is 0 Å². The molecule has 1 N–H and O–H groups in total. The molecule has 0 bridgehead atoms. The maximum absolute atomic E-state index is 14.2. The lowest BCUT2D eigenvalue weighted by Crippen LogP contribution is -2.00. The number of imidazole rings is 1. The van der Waals surface area contributed by atoms with Gasteiger partial charge in [0, 0.05) is 17.7 Å². The van der Waals surface area contributed by atoms with Crippen LogP contribution in [0.15, 0.2) is 36.4 Å². The maximum atomic E-state index is 14.2. The summed E-state index contributed by atoms with van der Waals surface area (Å²) in [6.07, 6.45) is 4.58. The molecule has 1 fully saturated rings. The number of fused-ring (bicyclic) bond motifs is 1. The summed E-state index contributed by atoms with van der Waals surface area (Å²) in [6, 6.07) is 11.5. The Balaban J connectivity index is 1.61. The zero-order valence-electron chi connectivity index (χ0n) is 13.8. The van der Waals surface area contributed by atoms with Crippen LogP contribution in [0.1, 0.15) is 31.7 Å². The van der Waals surface area contributed by atoms with Crippen molar-refractivity contribution in [2.24, 2.45) is 5.92 Å². The third kappa shape index (κ3) is 3.14. The van der Waals surface area contributed by atoms with E-state index in [2.05, 4.69) is 41.2 Å². The molecule has 0 atom stereocenters. The molecule has 2 aromatic carbocycles. The van der Waals surface area contributed by atoms with Crippen LogP contribution in [-0.2, 0) is 6.42 Å². The lowest BCUT2D eigenvalue weighted by Gasteiger charge is -2.05. The number of aromatic amines is 1. The van der Waals surface area contributed by atoms with Crippen molar-refractivity contribution >= 4 is 11.0 Å². The van der Waals surface area contributed by atoms with Gasteiger partial charge in [0.2, 0.25) is 0 Å². The van der Waals surface area contributed by atoms with Crippen molar-refractivity contribution in [3.05, 3.63) is 47.8 Å². The lowest BCUT2D eigenvalue weighted by atomic mass is 10.1. The van der Waals surface area contributed by atoms with Crippen molar-refractivity contribution in [2.75, 3.05) is 6.61 Å². The Kier molecular flexibility index (Phi) is 3.97. The van der Waals surface area contributed by atoms with Crippen LogP contribution in [0.5, 0.6) is 5.75 Å². The summed E-state index contributed by atoms with van der Waals surface area (Å²) in [6.45, 7) is 2.77. The van der Waals surface area contributed by atoms with E-state index < -0.39 is 0 Å². The summed E-state index contributed by atoms with van der Waals surface area (Å²) >= 11 is 0. The first-order chi connectivity index (χ1) is 11.7. The second kappa shape index (κ2) is 6.27. The predicted molar refractivity (Wildman–Crippen MR) is 93.7 cm³/mol. The quantitative estimate of drug-likeness (QED) is 0.684. The number of H-pyrrole nitrogens is 1. The molecule has 0 unspecified atom stereocenters. The molecule has 124 valence electrons. The van der Waals surface area contributed by atoms with Crippen LogP contribution in [0.2, 0.25) is 0 Å². The molecule has 0 saturated heterocycles. The van der Waals surface area contributed by atoms with E-state index in [0.29, 0.717) is 23.8 Å². The van der Waals surface area contributed by atoms with Gasteiger partial charge in [-0.3, -0.25) is 0 Å². The van der Waals surface area contributed by atoms with E-state index in [9.17, 15) is 4.39 Å². The van der Waals surface area contributed by atoms with Crippen LogP contribution < -0.4 is 4.74 Å². The average Bonchev–Trinajstić information content (AvgIpc) is 3.32. The molecule has 1 aromatic heterocycles. The third-order valence-corrected chi connectivity index (χ3v) is 4.47. The molecule has 4 rings (SSSR count). The lowest BCUT2D eigenvalue weighted by molar-refractivity contribution is 0.286. The number of aromatic nitrogens is 2. The van der Waals surface area contributed by atoms with E-state index in [-0.39, 0.29) is 5.82 Å². The van der Waals surface area contributed by atoms with Gasteiger partial charge in [0.05, 0.1) is 17.6 Å². The van der Waals surface area contributed by atoms with Crippen LogP contribution in [0.3, 0.4) is 0 Å². The molecule has 1 heterocycles. The fourth-order valence-electron chi connectivity index (χ4n) is 2.87. The maximum Gasteiger partial charge on any atom is 0.167 e. The van der Waals surface area contributed by atoms with Crippen LogP contribution in [0.4, 0.5) is 4.39 Å². The fourth-order valence-corrected chi connectivity index (χ4v) is 2.87. The number of nitrogens with zero attached hydrogens (tertiary/aromatic N) is 1. The molecule has 1 aliphatic carbocycles. The van der Waals surface area contributed by atoms with Crippen molar-refractivity contribution in [1.82, 2.24) is 9.97 Å². The zero-order valence-corrected chi connectivity index (χ0v) is 13.8. The normalized spacial score (nSPS) is 14.2. The monoisotopic (exact) mass is 324 g/mol. The topological polar surface area (TPSA) is 37.9 Å². The van der Waals surface area contributed by atoms with Crippen molar-refractivity contribution in [2.45, 2.75) is 32.6 Å². The Morgan fingerprint density at radius 2 is 2.00 bits per heavy atom. The van der Waals surface area contributed by atoms with Crippen LogP contribution in [0, 0.1) is 11.7 Å². The largest absolute Gasteiger partial charge is 0.490 e. The summed E-state index contributed by atoms with van der Waals surface area (Å²) in [7, 11) is 0.